The number of amides is 2. The highest BCUT2D eigenvalue weighted by molar-refractivity contribution is 7.91. The maximum atomic E-state index is 12.6. The number of nitrogens with zero attached hydrogens (tertiary/aromatic N) is 2. The number of carbonyl (C=O) groups excluding carboxylic acids is 1. The van der Waals surface area contributed by atoms with Crippen LogP contribution in [0.15, 0.2) is 24.3 Å². The molecule has 0 spiro atoms. The predicted molar refractivity (Wildman–Crippen MR) is 101 cm³/mol. The summed E-state index contributed by atoms with van der Waals surface area (Å²) in [7, 11) is 0.824. The Hall–Kier alpha value is -1.31. The summed E-state index contributed by atoms with van der Waals surface area (Å²) in [4.78, 5) is 16.2. The topological polar surface area (TPSA) is 69.7 Å². The molecule has 8 heteroatoms. The lowest BCUT2D eigenvalue weighted by atomic mass is 10.1. The smallest absolute Gasteiger partial charge is 0.317 e. The zero-order chi connectivity index (χ0) is 18.4. The lowest BCUT2D eigenvalue weighted by molar-refractivity contribution is 0.173. The summed E-state index contributed by atoms with van der Waals surface area (Å²) in [5.74, 6) is 0.210. The molecule has 1 fully saturated rings. The molecule has 0 aromatic heterocycles. The van der Waals surface area contributed by atoms with Crippen LogP contribution in [0.5, 0.6) is 0 Å². The first-order valence-electron chi connectivity index (χ1n) is 8.41. The highest BCUT2D eigenvalue weighted by Gasteiger charge is 2.34. The van der Waals surface area contributed by atoms with Crippen LogP contribution in [0.2, 0.25) is 5.02 Å². The molecule has 0 bridgehead atoms. The minimum atomic E-state index is -3.03. The number of benzene rings is 1. The van der Waals surface area contributed by atoms with Crippen LogP contribution in [-0.4, -0.2) is 75.5 Å². The third-order valence-corrected chi connectivity index (χ3v) is 6.45. The van der Waals surface area contributed by atoms with Gasteiger partial charge in [0.1, 0.15) is 0 Å². The van der Waals surface area contributed by atoms with Gasteiger partial charge >= 0.3 is 6.03 Å². The molecule has 2 amide bonds. The van der Waals surface area contributed by atoms with Gasteiger partial charge in [0, 0.05) is 30.7 Å². The number of likely N-dealkylation sites (N-methyl/N-ethyl adjacent to an activating group) is 1. The number of halogens is 1. The van der Waals surface area contributed by atoms with Crippen LogP contribution in [0.25, 0.3) is 0 Å². The predicted octanol–water partition coefficient (Wildman–Crippen LogP) is 1.64. The molecule has 1 aromatic carbocycles. The van der Waals surface area contributed by atoms with Crippen molar-refractivity contribution in [2.24, 2.45) is 0 Å². The number of hydrogen-bond donors (Lipinski definition) is 1. The van der Waals surface area contributed by atoms with Crippen LogP contribution in [-0.2, 0) is 16.3 Å². The number of carbonyl (C=O) groups is 1. The van der Waals surface area contributed by atoms with E-state index in [0.717, 1.165) is 5.56 Å². The van der Waals surface area contributed by atoms with Gasteiger partial charge in [0.25, 0.3) is 0 Å². The van der Waals surface area contributed by atoms with Gasteiger partial charge in [-0.2, -0.15) is 0 Å². The Morgan fingerprint density at radius 1 is 1.28 bits per heavy atom. The molecule has 140 valence electrons. The van der Waals surface area contributed by atoms with Crippen molar-refractivity contribution in [1.29, 1.82) is 0 Å². The standard InChI is InChI=1S/C17H26ClN3O3S/c1-20(2)10-11-21(15-8-12-25(23,24)13-15)17(22)19-9-7-14-5-3-4-6-16(14)18/h3-6,15H,7-13H2,1-2H3,(H,19,22). The molecule has 1 heterocycles. The van der Waals surface area contributed by atoms with Crippen LogP contribution in [0.1, 0.15) is 12.0 Å². The molecule has 1 N–H and O–H groups in total. The summed E-state index contributed by atoms with van der Waals surface area (Å²) in [5.41, 5.74) is 0.979. The van der Waals surface area contributed by atoms with E-state index in [-0.39, 0.29) is 23.6 Å². The normalized spacial score (nSPS) is 19.1. The molecular weight excluding hydrogens is 362 g/mol. The lowest BCUT2D eigenvalue weighted by Gasteiger charge is -2.29. The van der Waals surface area contributed by atoms with E-state index in [2.05, 4.69) is 5.32 Å². The number of nitrogens with one attached hydrogen (secondary N) is 1. The third kappa shape index (κ3) is 6.17. The Morgan fingerprint density at radius 2 is 2.00 bits per heavy atom. The molecule has 0 radical (unpaired) electrons. The summed E-state index contributed by atoms with van der Waals surface area (Å²) < 4.78 is 23.5. The summed E-state index contributed by atoms with van der Waals surface area (Å²) in [5, 5.41) is 3.58. The second-order valence-corrected chi connectivity index (χ2v) is 9.26. The maximum absolute atomic E-state index is 12.6. The Labute approximate surface area is 155 Å². The largest absolute Gasteiger partial charge is 0.338 e. The van der Waals surface area contributed by atoms with Crippen molar-refractivity contribution in [1.82, 2.24) is 15.1 Å². The van der Waals surface area contributed by atoms with E-state index in [4.69, 9.17) is 11.6 Å². The first kappa shape index (κ1) is 20.0. The molecule has 0 aliphatic carbocycles. The summed E-state index contributed by atoms with van der Waals surface area (Å²) in [6.07, 6.45) is 1.14. The molecule has 2 rings (SSSR count). The van der Waals surface area contributed by atoms with Gasteiger partial charge in [-0.1, -0.05) is 29.8 Å². The second-order valence-electron chi connectivity index (χ2n) is 6.63. The molecule has 1 unspecified atom stereocenters. The summed E-state index contributed by atoms with van der Waals surface area (Å²) >= 11 is 6.13. The first-order chi connectivity index (χ1) is 11.8. The SMILES string of the molecule is CN(C)CCN(C(=O)NCCc1ccccc1Cl)C1CCS(=O)(=O)C1. The van der Waals surface area contributed by atoms with Crippen molar-refractivity contribution in [2.75, 3.05) is 45.2 Å². The van der Waals surface area contributed by atoms with Crippen molar-refractivity contribution in [3.8, 4) is 0 Å². The fourth-order valence-electron chi connectivity index (χ4n) is 2.89. The van der Waals surface area contributed by atoms with E-state index in [9.17, 15) is 13.2 Å². The quantitative estimate of drug-likeness (QED) is 0.772. The molecule has 1 aromatic rings. The molecule has 1 atom stereocenters. The van der Waals surface area contributed by atoms with Crippen LogP contribution in [0.3, 0.4) is 0 Å². The van der Waals surface area contributed by atoms with E-state index in [1.165, 1.54) is 0 Å². The van der Waals surface area contributed by atoms with Gasteiger partial charge in [0.2, 0.25) is 0 Å². The molecule has 1 saturated heterocycles. The molecule has 1 aliphatic rings. The highest BCUT2D eigenvalue weighted by Crippen LogP contribution is 2.18. The van der Waals surface area contributed by atoms with Gasteiger partial charge in [0.05, 0.1) is 11.5 Å². The van der Waals surface area contributed by atoms with Crippen molar-refractivity contribution < 1.29 is 13.2 Å². The Morgan fingerprint density at radius 3 is 2.60 bits per heavy atom. The monoisotopic (exact) mass is 387 g/mol. The minimum absolute atomic E-state index is 0.0539. The van der Waals surface area contributed by atoms with Gasteiger partial charge in [-0.05, 0) is 38.6 Å². The fraction of sp³-hybridized carbons (Fsp3) is 0.588. The van der Waals surface area contributed by atoms with E-state index in [1.807, 2.05) is 43.3 Å². The average molecular weight is 388 g/mol. The molecule has 25 heavy (non-hydrogen) atoms. The van der Waals surface area contributed by atoms with Crippen LogP contribution >= 0.6 is 11.6 Å². The number of hydrogen-bond acceptors (Lipinski definition) is 4. The summed E-state index contributed by atoms with van der Waals surface area (Å²) in [6.45, 7) is 1.65. The van der Waals surface area contributed by atoms with Gasteiger partial charge in [-0.25, -0.2) is 13.2 Å². The summed E-state index contributed by atoms with van der Waals surface area (Å²) in [6, 6.07) is 7.08. The van der Waals surface area contributed by atoms with E-state index in [1.54, 1.807) is 4.90 Å². The number of urea groups is 1. The Kier molecular flexibility index (Phi) is 7.10. The average Bonchev–Trinajstić information content (AvgIpc) is 2.89. The van der Waals surface area contributed by atoms with Crippen molar-refractivity contribution in [3.63, 3.8) is 0 Å². The van der Waals surface area contributed by atoms with Crippen molar-refractivity contribution >= 4 is 27.5 Å². The molecular formula is C17H26ClN3O3S. The lowest BCUT2D eigenvalue weighted by Crippen LogP contribution is -2.49. The van der Waals surface area contributed by atoms with Crippen LogP contribution in [0.4, 0.5) is 4.79 Å². The fourth-order valence-corrected chi connectivity index (χ4v) is 4.85. The molecule has 6 nitrogen and oxygen atoms in total. The van der Waals surface area contributed by atoms with E-state index in [0.29, 0.717) is 37.5 Å². The van der Waals surface area contributed by atoms with Crippen LogP contribution < -0.4 is 5.32 Å². The number of rotatable bonds is 7. The maximum Gasteiger partial charge on any atom is 0.317 e. The molecule has 1 aliphatic heterocycles. The van der Waals surface area contributed by atoms with Crippen LogP contribution in [0, 0.1) is 0 Å². The first-order valence-corrected chi connectivity index (χ1v) is 10.6. The third-order valence-electron chi connectivity index (χ3n) is 4.33. The number of sulfone groups is 1. The zero-order valence-electron chi connectivity index (χ0n) is 14.7. The van der Waals surface area contributed by atoms with Gasteiger partial charge in [-0.15, -0.1) is 0 Å². The zero-order valence-corrected chi connectivity index (χ0v) is 16.3. The minimum Gasteiger partial charge on any atom is -0.338 e. The van der Waals surface area contributed by atoms with Crippen molar-refractivity contribution in [2.45, 2.75) is 18.9 Å². The highest BCUT2D eigenvalue weighted by atomic mass is 35.5. The van der Waals surface area contributed by atoms with Gasteiger partial charge in [0.15, 0.2) is 9.84 Å². The van der Waals surface area contributed by atoms with Gasteiger partial charge in [-0.3, -0.25) is 0 Å². The Balaban J connectivity index is 1.94. The second kappa shape index (κ2) is 8.87. The van der Waals surface area contributed by atoms with E-state index >= 15 is 0 Å². The van der Waals surface area contributed by atoms with Gasteiger partial charge < -0.3 is 15.1 Å². The van der Waals surface area contributed by atoms with Crippen molar-refractivity contribution in [3.05, 3.63) is 34.9 Å². The molecule has 0 saturated carbocycles. The van der Waals surface area contributed by atoms with E-state index < -0.39 is 9.84 Å². The Bertz CT molecular complexity index is 694.